The van der Waals surface area contributed by atoms with Crippen molar-refractivity contribution in [1.29, 1.82) is 0 Å². The first-order valence-corrected chi connectivity index (χ1v) is 5.94. The van der Waals surface area contributed by atoms with Crippen molar-refractivity contribution in [3.05, 3.63) is 65.5 Å². The van der Waals surface area contributed by atoms with Gasteiger partial charge in [-0.3, -0.25) is 4.79 Å². The predicted molar refractivity (Wildman–Crippen MR) is 73.1 cm³/mol. The Hall–Kier alpha value is -2.36. The highest BCUT2D eigenvalue weighted by atomic mass is 19.1. The van der Waals surface area contributed by atoms with Gasteiger partial charge in [0, 0.05) is 5.69 Å². The monoisotopic (exact) mass is 258 g/mol. The van der Waals surface area contributed by atoms with Crippen LogP contribution in [-0.2, 0) is 4.79 Å². The van der Waals surface area contributed by atoms with Gasteiger partial charge in [0.25, 0.3) is 0 Å². The molecule has 0 aliphatic rings. The van der Waals surface area contributed by atoms with Gasteiger partial charge in [-0.15, -0.1) is 0 Å². The van der Waals surface area contributed by atoms with Gasteiger partial charge in [-0.2, -0.15) is 0 Å². The fourth-order valence-corrected chi connectivity index (χ4v) is 1.79. The van der Waals surface area contributed by atoms with E-state index in [0.29, 0.717) is 5.69 Å². The molecule has 4 heteroatoms. The van der Waals surface area contributed by atoms with E-state index in [0.717, 1.165) is 11.1 Å². The van der Waals surface area contributed by atoms with E-state index in [4.69, 9.17) is 5.73 Å². The molecule has 0 aliphatic carbocycles. The van der Waals surface area contributed by atoms with Gasteiger partial charge in [0.1, 0.15) is 11.9 Å². The van der Waals surface area contributed by atoms with E-state index in [1.54, 1.807) is 12.1 Å². The van der Waals surface area contributed by atoms with E-state index in [2.05, 4.69) is 5.32 Å². The molecule has 3 nitrogen and oxygen atoms in total. The lowest BCUT2D eigenvalue weighted by molar-refractivity contribution is -0.118. The maximum atomic E-state index is 12.8. The number of nitrogens with two attached hydrogens (primary N) is 1. The summed E-state index contributed by atoms with van der Waals surface area (Å²) < 4.78 is 12.8. The van der Waals surface area contributed by atoms with Gasteiger partial charge in [0.2, 0.25) is 5.91 Å². The lowest BCUT2D eigenvalue weighted by Crippen LogP contribution is -2.27. The molecule has 2 rings (SSSR count). The summed E-state index contributed by atoms with van der Waals surface area (Å²) in [4.78, 5) is 11.5. The van der Waals surface area contributed by atoms with Gasteiger partial charge in [-0.1, -0.05) is 29.8 Å². The third-order valence-electron chi connectivity index (χ3n) is 2.85. The number of primary amides is 1. The van der Waals surface area contributed by atoms with Crippen LogP contribution in [0.25, 0.3) is 0 Å². The maximum Gasteiger partial charge on any atom is 0.244 e. The third kappa shape index (κ3) is 3.31. The number of carbonyl (C=O) groups is 1. The number of anilines is 1. The first-order valence-electron chi connectivity index (χ1n) is 5.94. The number of carbonyl (C=O) groups excluding carboxylic acids is 1. The summed E-state index contributed by atoms with van der Waals surface area (Å²) in [5, 5.41) is 3.00. The highest BCUT2D eigenvalue weighted by Crippen LogP contribution is 2.20. The van der Waals surface area contributed by atoms with Gasteiger partial charge >= 0.3 is 0 Å². The van der Waals surface area contributed by atoms with Crippen molar-refractivity contribution in [2.75, 3.05) is 5.32 Å². The second kappa shape index (κ2) is 5.52. The fourth-order valence-electron chi connectivity index (χ4n) is 1.79. The number of benzene rings is 2. The summed E-state index contributed by atoms with van der Waals surface area (Å²) in [5.41, 5.74) is 7.94. The molecule has 3 N–H and O–H groups in total. The van der Waals surface area contributed by atoms with Gasteiger partial charge in [0.15, 0.2) is 0 Å². The van der Waals surface area contributed by atoms with Crippen molar-refractivity contribution >= 4 is 11.6 Å². The van der Waals surface area contributed by atoms with Crippen molar-refractivity contribution < 1.29 is 9.18 Å². The zero-order valence-corrected chi connectivity index (χ0v) is 10.6. The number of rotatable bonds is 4. The molecular formula is C15H15FN2O. The lowest BCUT2D eigenvalue weighted by Gasteiger charge is -2.17. The van der Waals surface area contributed by atoms with E-state index in [-0.39, 0.29) is 5.82 Å². The fraction of sp³-hybridized carbons (Fsp3) is 0.133. The molecule has 1 amide bonds. The smallest absolute Gasteiger partial charge is 0.244 e. The Morgan fingerprint density at radius 3 is 2.21 bits per heavy atom. The molecule has 0 fully saturated rings. The molecule has 0 heterocycles. The summed E-state index contributed by atoms with van der Waals surface area (Å²) in [7, 11) is 0. The number of hydrogen-bond donors (Lipinski definition) is 2. The largest absolute Gasteiger partial charge is 0.370 e. The molecular weight excluding hydrogens is 243 g/mol. The molecule has 98 valence electrons. The Bertz CT molecular complexity index is 564. The van der Waals surface area contributed by atoms with Gasteiger partial charge in [-0.25, -0.2) is 4.39 Å². The van der Waals surface area contributed by atoms with Gasteiger partial charge in [-0.05, 0) is 36.8 Å². The van der Waals surface area contributed by atoms with Crippen molar-refractivity contribution in [3.8, 4) is 0 Å². The molecule has 1 unspecified atom stereocenters. The predicted octanol–water partition coefficient (Wildman–Crippen LogP) is 2.77. The van der Waals surface area contributed by atoms with E-state index < -0.39 is 11.9 Å². The Labute approximate surface area is 111 Å². The Morgan fingerprint density at radius 2 is 1.68 bits per heavy atom. The van der Waals surface area contributed by atoms with E-state index in [1.165, 1.54) is 12.1 Å². The second-order valence-electron chi connectivity index (χ2n) is 4.40. The number of amides is 1. The second-order valence-corrected chi connectivity index (χ2v) is 4.40. The van der Waals surface area contributed by atoms with Crippen molar-refractivity contribution in [1.82, 2.24) is 0 Å². The molecule has 1 atom stereocenters. The molecule has 0 saturated carbocycles. The summed E-state index contributed by atoms with van der Waals surface area (Å²) >= 11 is 0. The minimum Gasteiger partial charge on any atom is -0.370 e. The Morgan fingerprint density at radius 1 is 1.11 bits per heavy atom. The normalized spacial score (nSPS) is 11.9. The molecule has 0 spiro atoms. The van der Waals surface area contributed by atoms with Crippen LogP contribution in [0.2, 0.25) is 0 Å². The summed E-state index contributed by atoms with van der Waals surface area (Å²) in [6, 6.07) is 12.7. The first-order chi connectivity index (χ1) is 9.06. The summed E-state index contributed by atoms with van der Waals surface area (Å²) in [6.07, 6.45) is 0. The highest BCUT2D eigenvalue weighted by molar-refractivity contribution is 5.84. The Kier molecular flexibility index (Phi) is 3.80. The van der Waals surface area contributed by atoms with Crippen LogP contribution < -0.4 is 11.1 Å². The zero-order valence-electron chi connectivity index (χ0n) is 10.6. The van der Waals surface area contributed by atoms with Gasteiger partial charge in [0.05, 0.1) is 0 Å². The van der Waals surface area contributed by atoms with Crippen molar-refractivity contribution in [3.63, 3.8) is 0 Å². The van der Waals surface area contributed by atoms with Gasteiger partial charge < -0.3 is 11.1 Å². The van der Waals surface area contributed by atoms with Crippen molar-refractivity contribution in [2.45, 2.75) is 13.0 Å². The molecule has 0 aromatic heterocycles. The molecule has 0 aliphatic heterocycles. The quantitative estimate of drug-likeness (QED) is 0.886. The molecule has 19 heavy (non-hydrogen) atoms. The van der Waals surface area contributed by atoms with Crippen LogP contribution in [-0.4, -0.2) is 5.91 Å². The number of aryl methyl sites for hydroxylation is 1. The molecule has 2 aromatic carbocycles. The van der Waals surface area contributed by atoms with E-state index in [1.807, 2.05) is 31.2 Å². The molecule has 0 saturated heterocycles. The molecule has 0 bridgehead atoms. The highest BCUT2D eigenvalue weighted by Gasteiger charge is 2.17. The SMILES string of the molecule is Cc1ccc(C(Nc2ccc(F)cc2)C(N)=O)cc1. The summed E-state index contributed by atoms with van der Waals surface area (Å²) in [5.74, 6) is -0.801. The standard InChI is InChI=1S/C15H15FN2O/c1-10-2-4-11(5-3-10)14(15(17)19)18-13-8-6-12(16)7-9-13/h2-9,14,18H,1H3,(H2,17,19). The number of nitrogens with one attached hydrogen (secondary N) is 1. The van der Waals surface area contributed by atoms with Crippen LogP contribution in [0, 0.1) is 12.7 Å². The zero-order chi connectivity index (χ0) is 13.8. The number of hydrogen-bond acceptors (Lipinski definition) is 2. The number of halogens is 1. The van der Waals surface area contributed by atoms with Crippen LogP contribution in [0.4, 0.5) is 10.1 Å². The van der Waals surface area contributed by atoms with Crippen LogP contribution in [0.5, 0.6) is 0 Å². The Balaban J connectivity index is 2.23. The van der Waals surface area contributed by atoms with E-state index in [9.17, 15) is 9.18 Å². The summed E-state index contributed by atoms with van der Waals surface area (Å²) in [6.45, 7) is 1.97. The van der Waals surface area contributed by atoms with Crippen molar-refractivity contribution in [2.24, 2.45) is 5.73 Å². The topological polar surface area (TPSA) is 55.1 Å². The maximum absolute atomic E-state index is 12.8. The minimum atomic E-state index is -0.633. The van der Waals surface area contributed by atoms with Crippen LogP contribution in [0.15, 0.2) is 48.5 Å². The van der Waals surface area contributed by atoms with E-state index >= 15 is 0 Å². The van der Waals surface area contributed by atoms with Crippen LogP contribution >= 0.6 is 0 Å². The first kappa shape index (κ1) is 13.1. The lowest BCUT2D eigenvalue weighted by atomic mass is 10.0. The average Bonchev–Trinajstić information content (AvgIpc) is 2.39. The minimum absolute atomic E-state index is 0.323. The molecule has 0 radical (unpaired) electrons. The average molecular weight is 258 g/mol. The third-order valence-corrected chi connectivity index (χ3v) is 2.85. The van der Waals surface area contributed by atoms with Crippen LogP contribution in [0.1, 0.15) is 17.2 Å². The van der Waals surface area contributed by atoms with Crippen LogP contribution in [0.3, 0.4) is 0 Å². The molecule has 2 aromatic rings.